The SMILES string of the molecule is CCC(C(=O)N1CCN(Cc2c(C)nn(-c3ccccc3)c2C)CC1)n1nc([N+](=O)[O-])cc1C. The summed E-state index contributed by atoms with van der Waals surface area (Å²) in [5, 5.41) is 19.9. The molecule has 10 heteroatoms. The molecule has 1 saturated heterocycles. The smallest absolute Gasteiger partial charge is 0.358 e. The minimum absolute atomic E-state index is 0.0347. The standard InChI is InChI=1S/C24H31N7O3/c1-5-22(29-17(2)15-23(26-29)31(33)34)24(32)28-13-11-27(12-14-28)16-21-18(3)25-30(19(21)4)20-9-7-6-8-10-20/h6-10,15,22H,5,11-14,16H2,1-4H3. The largest absolute Gasteiger partial charge is 0.390 e. The molecule has 1 aliphatic heterocycles. The van der Waals surface area contributed by atoms with Crippen LogP contribution in [0.4, 0.5) is 5.82 Å². The lowest BCUT2D eigenvalue weighted by Gasteiger charge is -2.36. The van der Waals surface area contributed by atoms with Crippen molar-refractivity contribution in [2.45, 2.75) is 46.7 Å². The molecule has 0 bridgehead atoms. The number of benzene rings is 1. The Hall–Kier alpha value is -3.53. The molecule has 1 aliphatic rings. The highest BCUT2D eigenvalue weighted by Crippen LogP contribution is 2.23. The molecule has 0 N–H and O–H groups in total. The number of aromatic nitrogens is 4. The molecule has 4 rings (SSSR count). The van der Waals surface area contributed by atoms with Crippen molar-refractivity contribution >= 4 is 11.7 Å². The van der Waals surface area contributed by atoms with Gasteiger partial charge in [0.2, 0.25) is 5.91 Å². The summed E-state index contributed by atoms with van der Waals surface area (Å²) >= 11 is 0. The Bertz CT molecular complexity index is 1180. The summed E-state index contributed by atoms with van der Waals surface area (Å²) in [7, 11) is 0. The zero-order chi connectivity index (χ0) is 24.4. The first-order valence-corrected chi connectivity index (χ1v) is 11.6. The van der Waals surface area contributed by atoms with E-state index in [-0.39, 0.29) is 11.7 Å². The van der Waals surface area contributed by atoms with Gasteiger partial charge < -0.3 is 15.0 Å². The van der Waals surface area contributed by atoms with Crippen LogP contribution < -0.4 is 0 Å². The van der Waals surface area contributed by atoms with Gasteiger partial charge in [0, 0.05) is 44.0 Å². The fourth-order valence-corrected chi connectivity index (χ4v) is 4.61. The molecular formula is C24H31N7O3. The molecule has 10 nitrogen and oxygen atoms in total. The predicted octanol–water partition coefficient (Wildman–Crippen LogP) is 3.20. The zero-order valence-electron chi connectivity index (χ0n) is 20.1. The third-order valence-corrected chi connectivity index (χ3v) is 6.57. The molecule has 3 aromatic rings. The lowest BCUT2D eigenvalue weighted by molar-refractivity contribution is -0.389. The minimum atomic E-state index is -0.533. The Morgan fingerprint density at radius 1 is 1.09 bits per heavy atom. The third-order valence-electron chi connectivity index (χ3n) is 6.57. The maximum absolute atomic E-state index is 13.3. The van der Waals surface area contributed by atoms with E-state index in [9.17, 15) is 14.9 Å². The monoisotopic (exact) mass is 465 g/mol. The number of rotatable bonds is 7. The van der Waals surface area contributed by atoms with Crippen LogP contribution in [0.5, 0.6) is 0 Å². The highest BCUT2D eigenvalue weighted by molar-refractivity contribution is 5.80. The number of aryl methyl sites for hydroxylation is 2. The summed E-state index contributed by atoms with van der Waals surface area (Å²) in [6.45, 7) is 11.3. The van der Waals surface area contributed by atoms with Gasteiger partial charge in [-0.2, -0.15) is 9.78 Å². The molecule has 180 valence electrons. The average molecular weight is 466 g/mol. The van der Waals surface area contributed by atoms with Gasteiger partial charge in [-0.15, -0.1) is 0 Å². The van der Waals surface area contributed by atoms with Crippen LogP contribution in [0, 0.1) is 30.9 Å². The highest BCUT2D eigenvalue weighted by Gasteiger charge is 2.32. The second-order valence-corrected chi connectivity index (χ2v) is 8.77. The molecule has 1 fully saturated rings. The number of carbonyl (C=O) groups excluding carboxylic acids is 1. The third kappa shape index (κ3) is 4.58. The van der Waals surface area contributed by atoms with E-state index in [1.807, 2.05) is 53.8 Å². The van der Waals surface area contributed by atoms with E-state index in [1.165, 1.54) is 16.3 Å². The van der Waals surface area contributed by atoms with E-state index in [0.717, 1.165) is 36.7 Å². The molecule has 0 radical (unpaired) electrons. The molecule has 0 spiro atoms. The summed E-state index contributed by atoms with van der Waals surface area (Å²) in [5.41, 5.74) is 5.02. The van der Waals surface area contributed by atoms with Crippen molar-refractivity contribution in [2.75, 3.05) is 26.2 Å². The zero-order valence-corrected chi connectivity index (χ0v) is 20.1. The first-order chi connectivity index (χ1) is 16.3. The Balaban J connectivity index is 1.41. The highest BCUT2D eigenvalue weighted by atomic mass is 16.6. The summed E-state index contributed by atoms with van der Waals surface area (Å²) in [4.78, 5) is 28.0. The van der Waals surface area contributed by atoms with Gasteiger partial charge in [-0.3, -0.25) is 9.69 Å². The molecule has 2 aromatic heterocycles. The van der Waals surface area contributed by atoms with Crippen LogP contribution >= 0.6 is 0 Å². The van der Waals surface area contributed by atoms with Gasteiger partial charge in [0.25, 0.3) is 0 Å². The lowest BCUT2D eigenvalue weighted by Crippen LogP contribution is -2.50. The fraction of sp³-hybridized carbons (Fsp3) is 0.458. The summed E-state index contributed by atoms with van der Waals surface area (Å²) in [6.07, 6.45) is 0.524. The van der Waals surface area contributed by atoms with Crippen LogP contribution in [-0.2, 0) is 11.3 Å². The second kappa shape index (κ2) is 9.76. The van der Waals surface area contributed by atoms with Gasteiger partial charge in [0.15, 0.2) is 6.04 Å². The lowest BCUT2D eigenvalue weighted by atomic mass is 10.1. The van der Waals surface area contributed by atoms with Crippen molar-refractivity contribution in [1.29, 1.82) is 0 Å². The molecule has 0 saturated carbocycles. The maximum Gasteiger partial charge on any atom is 0.390 e. The number of hydrogen-bond acceptors (Lipinski definition) is 6. The molecule has 34 heavy (non-hydrogen) atoms. The van der Waals surface area contributed by atoms with Crippen molar-refractivity contribution in [3.63, 3.8) is 0 Å². The van der Waals surface area contributed by atoms with Crippen LogP contribution in [0.2, 0.25) is 0 Å². The summed E-state index contributed by atoms with van der Waals surface area (Å²) in [5.74, 6) is -0.261. The van der Waals surface area contributed by atoms with Gasteiger partial charge in [0.1, 0.15) is 0 Å². The fourth-order valence-electron chi connectivity index (χ4n) is 4.61. The van der Waals surface area contributed by atoms with Gasteiger partial charge in [-0.1, -0.05) is 25.1 Å². The Morgan fingerprint density at radius 3 is 2.35 bits per heavy atom. The van der Waals surface area contributed by atoms with Crippen molar-refractivity contribution in [1.82, 2.24) is 29.4 Å². The van der Waals surface area contributed by atoms with Crippen molar-refractivity contribution in [3.05, 3.63) is 69.2 Å². The van der Waals surface area contributed by atoms with E-state index >= 15 is 0 Å². The molecular weight excluding hydrogens is 434 g/mol. The normalized spacial score (nSPS) is 15.5. The van der Waals surface area contributed by atoms with Gasteiger partial charge in [-0.05, 0) is 44.2 Å². The minimum Gasteiger partial charge on any atom is -0.358 e. The predicted molar refractivity (Wildman–Crippen MR) is 128 cm³/mol. The van der Waals surface area contributed by atoms with Crippen LogP contribution in [0.3, 0.4) is 0 Å². The number of piperazine rings is 1. The van der Waals surface area contributed by atoms with Crippen molar-refractivity contribution in [3.8, 4) is 5.69 Å². The first-order valence-electron chi connectivity index (χ1n) is 11.6. The number of amides is 1. The molecule has 0 aliphatic carbocycles. The maximum atomic E-state index is 13.3. The van der Waals surface area contributed by atoms with Crippen LogP contribution in [0.1, 0.15) is 42.0 Å². The van der Waals surface area contributed by atoms with E-state index in [2.05, 4.69) is 16.9 Å². The van der Waals surface area contributed by atoms with E-state index in [4.69, 9.17) is 5.10 Å². The van der Waals surface area contributed by atoms with E-state index in [1.54, 1.807) is 6.92 Å². The topological polar surface area (TPSA) is 102 Å². The first kappa shape index (κ1) is 23.6. The second-order valence-electron chi connectivity index (χ2n) is 8.77. The number of carbonyl (C=O) groups is 1. The van der Waals surface area contributed by atoms with Gasteiger partial charge in [0.05, 0.1) is 28.2 Å². The number of nitrogens with zero attached hydrogens (tertiary/aromatic N) is 7. The van der Waals surface area contributed by atoms with Crippen LogP contribution in [0.15, 0.2) is 36.4 Å². The quantitative estimate of drug-likeness (QED) is 0.392. The van der Waals surface area contributed by atoms with E-state index in [0.29, 0.717) is 25.2 Å². The van der Waals surface area contributed by atoms with Gasteiger partial charge in [-0.25, -0.2) is 4.68 Å². The van der Waals surface area contributed by atoms with Crippen molar-refractivity contribution in [2.24, 2.45) is 0 Å². The average Bonchev–Trinajstić information content (AvgIpc) is 3.35. The van der Waals surface area contributed by atoms with Crippen LogP contribution in [0.25, 0.3) is 5.69 Å². The Labute approximate surface area is 198 Å². The van der Waals surface area contributed by atoms with Crippen molar-refractivity contribution < 1.29 is 9.72 Å². The number of nitro groups is 1. The molecule has 3 heterocycles. The Kier molecular flexibility index (Phi) is 6.78. The molecule has 1 unspecified atom stereocenters. The number of para-hydroxylation sites is 1. The summed E-state index contributed by atoms with van der Waals surface area (Å²) in [6, 6.07) is 11.0. The molecule has 1 atom stereocenters. The number of hydrogen-bond donors (Lipinski definition) is 0. The van der Waals surface area contributed by atoms with Gasteiger partial charge >= 0.3 is 5.82 Å². The van der Waals surface area contributed by atoms with Crippen LogP contribution in [-0.4, -0.2) is 66.4 Å². The molecule has 1 aromatic carbocycles. The Morgan fingerprint density at radius 2 is 1.76 bits per heavy atom. The summed E-state index contributed by atoms with van der Waals surface area (Å²) < 4.78 is 3.49. The van der Waals surface area contributed by atoms with E-state index < -0.39 is 11.0 Å². The molecule has 1 amide bonds.